The molecule has 1 unspecified atom stereocenters. The molecule has 4 aromatic rings. The molecule has 9 heteroatoms. The summed E-state index contributed by atoms with van der Waals surface area (Å²) in [6.45, 7) is 0. The van der Waals surface area contributed by atoms with E-state index < -0.39 is 23.5 Å². The number of nitrogens with zero attached hydrogens (tertiary/aromatic N) is 3. The number of carbonyl (C=O) groups is 2. The predicted molar refractivity (Wildman–Crippen MR) is 135 cm³/mol. The number of aliphatic hydroxyl groups is 1. The molecule has 0 aliphatic carbocycles. The molecule has 5 rings (SSSR count). The van der Waals surface area contributed by atoms with Gasteiger partial charge in [-0.1, -0.05) is 12.1 Å². The van der Waals surface area contributed by atoms with Crippen LogP contribution in [0.2, 0.25) is 0 Å². The van der Waals surface area contributed by atoms with Crippen LogP contribution in [0.1, 0.15) is 17.2 Å². The minimum atomic E-state index is -0.964. The summed E-state index contributed by atoms with van der Waals surface area (Å²) in [7, 11) is 5.33. The van der Waals surface area contributed by atoms with Crippen molar-refractivity contribution in [1.29, 1.82) is 0 Å². The summed E-state index contributed by atoms with van der Waals surface area (Å²) in [5, 5.41) is 11.2. The number of amides is 1. The van der Waals surface area contributed by atoms with Gasteiger partial charge in [0.25, 0.3) is 5.78 Å². The van der Waals surface area contributed by atoms with Gasteiger partial charge in [-0.15, -0.1) is 0 Å². The van der Waals surface area contributed by atoms with Crippen LogP contribution in [0, 0.1) is 5.82 Å². The Morgan fingerprint density at radius 2 is 1.75 bits per heavy atom. The number of ketones is 1. The molecule has 182 valence electrons. The lowest BCUT2D eigenvalue weighted by atomic mass is 9.95. The molecule has 0 bridgehead atoms. The third-order valence-corrected chi connectivity index (χ3v) is 6.19. The average Bonchev–Trinajstić information content (AvgIpc) is 3.41. The molecule has 2 N–H and O–H groups in total. The molecular formula is C27H23FN4O4. The van der Waals surface area contributed by atoms with E-state index in [0.717, 1.165) is 5.69 Å². The van der Waals surface area contributed by atoms with Crippen LogP contribution in [-0.2, 0) is 9.59 Å². The van der Waals surface area contributed by atoms with E-state index in [0.29, 0.717) is 27.9 Å². The lowest BCUT2D eigenvalue weighted by molar-refractivity contribution is -0.132. The largest absolute Gasteiger partial charge is 0.507 e. The number of carbonyl (C=O) groups excluding carboxylic acids is 2. The number of aromatic amines is 1. The smallest absolute Gasteiger partial charge is 0.302 e. The Hall–Kier alpha value is -4.66. The predicted octanol–water partition coefficient (Wildman–Crippen LogP) is 4.40. The molecule has 2 heterocycles. The molecule has 0 saturated carbocycles. The number of halogens is 1. The fraction of sp³-hybridized carbons (Fsp3) is 0.148. The SMILES string of the molecule is COc1ccc(/C(O)=C2\C(=O)C(=O)N(c3nc4ccc(F)cc4[nH]3)C2c2ccc(N(C)C)cc2)cc1. The second-order valence-corrected chi connectivity index (χ2v) is 8.61. The first-order valence-electron chi connectivity index (χ1n) is 11.2. The van der Waals surface area contributed by atoms with Crippen LogP contribution >= 0.6 is 0 Å². The van der Waals surface area contributed by atoms with Crippen LogP contribution in [0.15, 0.2) is 72.3 Å². The molecule has 1 fully saturated rings. The number of nitrogens with one attached hydrogen (secondary N) is 1. The molecule has 3 aromatic carbocycles. The molecule has 0 radical (unpaired) electrons. The number of rotatable bonds is 5. The molecule has 8 nitrogen and oxygen atoms in total. The highest BCUT2D eigenvalue weighted by atomic mass is 19.1. The van der Waals surface area contributed by atoms with Gasteiger partial charge in [0, 0.05) is 25.3 Å². The van der Waals surface area contributed by atoms with Crippen LogP contribution in [0.25, 0.3) is 16.8 Å². The second kappa shape index (κ2) is 8.84. The second-order valence-electron chi connectivity index (χ2n) is 8.61. The number of hydrogen-bond acceptors (Lipinski definition) is 6. The number of benzene rings is 3. The maximum atomic E-state index is 13.8. The van der Waals surface area contributed by atoms with E-state index in [-0.39, 0.29) is 17.3 Å². The zero-order chi connectivity index (χ0) is 25.6. The number of imidazole rings is 1. The van der Waals surface area contributed by atoms with Crippen LogP contribution in [-0.4, -0.2) is 48.0 Å². The van der Waals surface area contributed by atoms with Crippen molar-refractivity contribution < 1.29 is 23.8 Å². The number of ether oxygens (including phenoxy) is 1. The van der Waals surface area contributed by atoms with Gasteiger partial charge in [0.15, 0.2) is 0 Å². The molecule has 36 heavy (non-hydrogen) atoms. The number of aromatic nitrogens is 2. The van der Waals surface area contributed by atoms with Crippen LogP contribution in [0.5, 0.6) is 5.75 Å². The fourth-order valence-electron chi connectivity index (χ4n) is 4.31. The monoisotopic (exact) mass is 486 g/mol. The number of H-pyrrole nitrogens is 1. The summed E-state index contributed by atoms with van der Waals surface area (Å²) in [6.07, 6.45) is 0. The Bertz CT molecular complexity index is 1510. The van der Waals surface area contributed by atoms with Gasteiger partial charge in [0.1, 0.15) is 17.3 Å². The highest BCUT2D eigenvalue weighted by Crippen LogP contribution is 2.42. The molecule has 1 aliphatic rings. The maximum absolute atomic E-state index is 13.8. The van der Waals surface area contributed by atoms with E-state index in [9.17, 15) is 19.1 Å². The van der Waals surface area contributed by atoms with E-state index in [1.165, 1.54) is 30.2 Å². The number of hydrogen-bond donors (Lipinski definition) is 2. The van der Waals surface area contributed by atoms with Crippen molar-refractivity contribution >= 4 is 40.1 Å². The number of Topliss-reactive ketones (excluding diaryl/α,β-unsaturated/α-hetero) is 1. The lowest BCUT2D eigenvalue weighted by Crippen LogP contribution is -2.30. The number of aliphatic hydroxyl groups excluding tert-OH is 1. The van der Waals surface area contributed by atoms with Gasteiger partial charge in [0.2, 0.25) is 5.95 Å². The van der Waals surface area contributed by atoms with Gasteiger partial charge in [-0.3, -0.25) is 14.5 Å². The first-order valence-corrected chi connectivity index (χ1v) is 11.2. The van der Waals surface area contributed by atoms with Gasteiger partial charge in [0.05, 0.1) is 29.8 Å². The van der Waals surface area contributed by atoms with Crippen LogP contribution < -0.4 is 14.5 Å². The zero-order valence-corrected chi connectivity index (χ0v) is 19.8. The summed E-state index contributed by atoms with van der Waals surface area (Å²) in [4.78, 5) is 37.1. The van der Waals surface area contributed by atoms with E-state index in [1.807, 2.05) is 31.1 Å². The highest BCUT2D eigenvalue weighted by Gasteiger charge is 2.48. The Morgan fingerprint density at radius 3 is 2.39 bits per heavy atom. The third kappa shape index (κ3) is 3.84. The summed E-state index contributed by atoms with van der Waals surface area (Å²) in [5.41, 5.74) is 2.62. The van der Waals surface area contributed by atoms with Crippen molar-refractivity contribution in [3.63, 3.8) is 0 Å². The van der Waals surface area contributed by atoms with Crippen molar-refractivity contribution in [2.24, 2.45) is 0 Å². The van der Waals surface area contributed by atoms with E-state index >= 15 is 0 Å². The van der Waals surface area contributed by atoms with Crippen molar-refractivity contribution in [3.8, 4) is 5.75 Å². The molecule has 0 spiro atoms. The zero-order valence-electron chi connectivity index (χ0n) is 19.8. The van der Waals surface area contributed by atoms with Crippen LogP contribution in [0.3, 0.4) is 0 Å². The van der Waals surface area contributed by atoms with Crippen molar-refractivity contribution in [2.75, 3.05) is 31.0 Å². The lowest BCUT2D eigenvalue weighted by Gasteiger charge is -2.23. The molecule has 1 amide bonds. The van der Waals surface area contributed by atoms with Crippen molar-refractivity contribution in [3.05, 3.63) is 89.2 Å². The normalized spacial score (nSPS) is 17.1. The topological polar surface area (TPSA) is 98.8 Å². The molecule has 1 atom stereocenters. The fourth-order valence-corrected chi connectivity index (χ4v) is 4.31. The number of methoxy groups -OCH3 is 1. The average molecular weight is 487 g/mol. The summed E-state index contributed by atoms with van der Waals surface area (Å²) >= 11 is 0. The number of fused-ring (bicyclic) bond motifs is 1. The minimum absolute atomic E-state index is 0.0746. The minimum Gasteiger partial charge on any atom is -0.507 e. The highest BCUT2D eigenvalue weighted by molar-refractivity contribution is 6.51. The first-order chi connectivity index (χ1) is 17.3. The van der Waals surface area contributed by atoms with Gasteiger partial charge >= 0.3 is 5.91 Å². The molecule has 1 aliphatic heterocycles. The van der Waals surface area contributed by atoms with E-state index in [4.69, 9.17) is 4.74 Å². The summed E-state index contributed by atoms with van der Waals surface area (Å²) in [5.74, 6) is -1.83. The standard InChI is InChI=1S/C27H23FN4O4/c1-31(2)18-9-4-15(5-10-18)23-22(24(33)16-6-11-19(36-3)12-7-16)25(34)26(35)32(23)27-29-20-13-8-17(28)14-21(20)30-27/h4-14,23,33H,1-3H3,(H,29,30)/b24-22+. The number of anilines is 2. The van der Waals surface area contributed by atoms with E-state index in [1.54, 1.807) is 36.4 Å². The van der Waals surface area contributed by atoms with Gasteiger partial charge in [-0.05, 0) is 60.2 Å². The quantitative estimate of drug-likeness (QED) is 0.246. The molecule has 1 saturated heterocycles. The Balaban J connectivity index is 1.70. The van der Waals surface area contributed by atoms with E-state index in [2.05, 4.69) is 9.97 Å². The van der Waals surface area contributed by atoms with Gasteiger partial charge in [-0.25, -0.2) is 9.37 Å². The van der Waals surface area contributed by atoms with Crippen molar-refractivity contribution in [2.45, 2.75) is 6.04 Å². The Morgan fingerprint density at radius 1 is 1.06 bits per heavy atom. The van der Waals surface area contributed by atoms with Gasteiger partial charge in [-0.2, -0.15) is 0 Å². The third-order valence-electron chi connectivity index (χ3n) is 6.19. The Kier molecular flexibility index (Phi) is 5.68. The van der Waals surface area contributed by atoms with Crippen molar-refractivity contribution in [1.82, 2.24) is 9.97 Å². The summed E-state index contributed by atoms with van der Waals surface area (Å²) < 4.78 is 19.0. The first kappa shape index (κ1) is 23.1. The summed E-state index contributed by atoms with van der Waals surface area (Å²) in [6, 6.07) is 16.9. The Labute approximate surface area is 206 Å². The molecule has 1 aromatic heterocycles. The van der Waals surface area contributed by atoms with Gasteiger partial charge < -0.3 is 19.7 Å². The maximum Gasteiger partial charge on any atom is 0.302 e. The van der Waals surface area contributed by atoms with Crippen LogP contribution in [0.4, 0.5) is 16.0 Å². The molecular weight excluding hydrogens is 463 g/mol.